The lowest BCUT2D eigenvalue weighted by atomic mass is 10.5. The molecule has 1 rings (SSSR count). The van der Waals surface area contributed by atoms with Gasteiger partial charge in [0.15, 0.2) is 0 Å². The summed E-state index contributed by atoms with van der Waals surface area (Å²) < 4.78 is 25.3. The molecule has 1 aromatic heterocycles. The van der Waals surface area contributed by atoms with Gasteiger partial charge in [0.2, 0.25) is 0 Å². The van der Waals surface area contributed by atoms with Crippen LogP contribution in [-0.2, 0) is 10.0 Å². The Labute approximate surface area is 104 Å². The summed E-state index contributed by atoms with van der Waals surface area (Å²) in [5.41, 5.74) is 0. The Bertz CT molecular complexity index is 504. The highest BCUT2D eigenvalue weighted by molar-refractivity contribution is 7.90. The van der Waals surface area contributed by atoms with Crippen LogP contribution in [-0.4, -0.2) is 26.0 Å². The molecule has 1 aromatic rings. The van der Waals surface area contributed by atoms with E-state index in [1.54, 1.807) is 0 Å². The van der Waals surface area contributed by atoms with E-state index in [1.807, 2.05) is 11.6 Å². The van der Waals surface area contributed by atoms with Crippen LogP contribution in [0.15, 0.2) is 23.4 Å². The summed E-state index contributed by atoms with van der Waals surface area (Å²) in [5.74, 6) is 0. The van der Waals surface area contributed by atoms with Crippen molar-refractivity contribution in [3.8, 4) is 0 Å². The molecule has 0 saturated carbocycles. The minimum Gasteiger partial charge on any atom is -0.337 e. The molecule has 0 atom stereocenters. The maximum absolute atomic E-state index is 11.7. The van der Waals surface area contributed by atoms with E-state index < -0.39 is 16.1 Å². The van der Waals surface area contributed by atoms with E-state index in [2.05, 4.69) is 10.3 Å². The standard InChI is InChI=1S/C9H12ClN3O3S/c1-2-4-12-9(14)13-17(15,16)8-6-11-5-3-7(8)10/h3,5-6H,2,4H2,1H3,(H2,12,13,14). The second-order valence-electron chi connectivity index (χ2n) is 3.17. The van der Waals surface area contributed by atoms with Gasteiger partial charge in [-0.15, -0.1) is 0 Å². The third kappa shape index (κ3) is 3.86. The molecule has 17 heavy (non-hydrogen) atoms. The number of pyridine rings is 1. The van der Waals surface area contributed by atoms with Crippen LogP contribution in [0.25, 0.3) is 0 Å². The van der Waals surface area contributed by atoms with E-state index in [4.69, 9.17) is 11.6 Å². The van der Waals surface area contributed by atoms with Crippen LogP contribution >= 0.6 is 11.6 Å². The van der Waals surface area contributed by atoms with Crippen molar-refractivity contribution in [2.75, 3.05) is 6.54 Å². The van der Waals surface area contributed by atoms with Gasteiger partial charge in [0, 0.05) is 18.9 Å². The molecule has 0 aromatic carbocycles. The molecule has 0 aliphatic heterocycles. The zero-order valence-corrected chi connectivity index (χ0v) is 10.7. The van der Waals surface area contributed by atoms with Crippen molar-refractivity contribution in [2.24, 2.45) is 0 Å². The van der Waals surface area contributed by atoms with Crippen LogP contribution in [0.1, 0.15) is 13.3 Å². The predicted molar refractivity (Wildman–Crippen MR) is 63.3 cm³/mol. The molecule has 0 aliphatic carbocycles. The Morgan fingerprint density at radius 2 is 2.24 bits per heavy atom. The van der Waals surface area contributed by atoms with E-state index in [-0.39, 0.29) is 9.92 Å². The number of nitrogens with zero attached hydrogens (tertiary/aromatic N) is 1. The summed E-state index contributed by atoms with van der Waals surface area (Å²) in [7, 11) is -3.98. The summed E-state index contributed by atoms with van der Waals surface area (Å²) in [4.78, 5) is 14.7. The number of rotatable bonds is 4. The fourth-order valence-corrected chi connectivity index (χ4v) is 2.37. The lowest BCUT2D eigenvalue weighted by Gasteiger charge is -2.08. The normalized spacial score (nSPS) is 10.9. The molecule has 94 valence electrons. The van der Waals surface area contributed by atoms with Gasteiger partial charge in [-0.05, 0) is 12.5 Å². The number of nitrogens with one attached hydrogen (secondary N) is 2. The van der Waals surface area contributed by atoms with Crippen LogP contribution in [0.2, 0.25) is 5.02 Å². The number of halogens is 1. The number of amides is 2. The van der Waals surface area contributed by atoms with E-state index in [0.717, 1.165) is 6.20 Å². The van der Waals surface area contributed by atoms with Gasteiger partial charge in [-0.2, -0.15) is 0 Å². The number of carbonyl (C=O) groups is 1. The number of sulfonamides is 1. The molecule has 2 N–H and O–H groups in total. The smallest absolute Gasteiger partial charge is 0.328 e. The lowest BCUT2D eigenvalue weighted by molar-refractivity contribution is 0.246. The number of carbonyl (C=O) groups excluding carboxylic acids is 1. The number of urea groups is 1. The highest BCUT2D eigenvalue weighted by Crippen LogP contribution is 2.18. The SMILES string of the molecule is CCCNC(=O)NS(=O)(=O)c1cnccc1Cl. The topological polar surface area (TPSA) is 88.2 Å². The second-order valence-corrected chi connectivity index (χ2v) is 5.23. The summed E-state index contributed by atoms with van der Waals surface area (Å²) in [6.45, 7) is 2.24. The Morgan fingerprint density at radius 3 is 2.82 bits per heavy atom. The fraction of sp³-hybridized carbons (Fsp3) is 0.333. The van der Waals surface area contributed by atoms with Gasteiger partial charge in [0.25, 0.3) is 10.0 Å². The molecule has 6 nitrogen and oxygen atoms in total. The van der Waals surface area contributed by atoms with Crippen molar-refractivity contribution in [2.45, 2.75) is 18.2 Å². The third-order valence-corrected chi connectivity index (χ3v) is 3.59. The lowest BCUT2D eigenvalue weighted by Crippen LogP contribution is -2.39. The molecule has 2 amide bonds. The fourth-order valence-electron chi connectivity index (χ4n) is 1.01. The van der Waals surface area contributed by atoms with Crippen LogP contribution in [0.3, 0.4) is 0 Å². The Kier molecular flexibility index (Phi) is 4.71. The molecular formula is C9H12ClN3O3S. The van der Waals surface area contributed by atoms with Gasteiger partial charge in [-0.1, -0.05) is 18.5 Å². The average molecular weight is 278 g/mol. The maximum Gasteiger partial charge on any atom is 0.328 e. The van der Waals surface area contributed by atoms with Gasteiger partial charge in [-0.25, -0.2) is 17.9 Å². The predicted octanol–water partition coefficient (Wildman–Crippen LogP) is 1.13. The highest BCUT2D eigenvalue weighted by Gasteiger charge is 2.20. The number of hydrogen-bond acceptors (Lipinski definition) is 4. The first kappa shape index (κ1) is 13.7. The van der Waals surface area contributed by atoms with E-state index in [1.165, 1.54) is 12.3 Å². The molecule has 0 unspecified atom stereocenters. The quantitative estimate of drug-likeness (QED) is 0.864. The van der Waals surface area contributed by atoms with Crippen molar-refractivity contribution < 1.29 is 13.2 Å². The first-order valence-electron chi connectivity index (χ1n) is 4.87. The van der Waals surface area contributed by atoms with Crippen molar-refractivity contribution in [1.82, 2.24) is 15.0 Å². The Balaban J connectivity index is 2.83. The summed E-state index contributed by atoms with van der Waals surface area (Å²) in [6.07, 6.45) is 3.15. The summed E-state index contributed by atoms with van der Waals surface area (Å²) in [6, 6.07) is 0.548. The van der Waals surface area contributed by atoms with Crippen molar-refractivity contribution in [3.05, 3.63) is 23.5 Å². The van der Waals surface area contributed by atoms with Crippen LogP contribution in [0.4, 0.5) is 4.79 Å². The minimum atomic E-state index is -3.98. The molecule has 0 bridgehead atoms. The van der Waals surface area contributed by atoms with Gasteiger partial charge in [0.1, 0.15) is 4.90 Å². The molecule has 1 heterocycles. The van der Waals surface area contributed by atoms with Crippen LogP contribution in [0.5, 0.6) is 0 Å². The van der Waals surface area contributed by atoms with Crippen molar-refractivity contribution in [1.29, 1.82) is 0 Å². The molecule has 0 fully saturated rings. The molecular weight excluding hydrogens is 266 g/mol. The van der Waals surface area contributed by atoms with Crippen molar-refractivity contribution >= 4 is 27.7 Å². The van der Waals surface area contributed by atoms with Crippen LogP contribution in [0, 0.1) is 0 Å². The average Bonchev–Trinajstić information content (AvgIpc) is 2.26. The first-order chi connectivity index (χ1) is 7.97. The van der Waals surface area contributed by atoms with E-state index in [0.29, 0.717) is 13.0 Å². The Morgan fingerprint density at radius 1 is 1.53 bits per heavy atom. The van der Waals surface area contributed by atoms with Crippen molar-refractivity contribution in [3.63, 3.8) is 0 Å². The van der Waals surface area contributed by atoms with Gasteiger partial charge < -0.3 is 5.32 Å². The maximum atomic E-state index is 11.7. The van der Waals surface area contributed by atoms with Crippen LogP contribution < -0.4 is 10.0 Å². The Hall–Kier alpha value is -1.34. The third-order valence-electron chi connectivity index (χ3n) is 1.79. The molecule has 0 spiro atoms. The summed E-state index contributed by atoms with van der Waals surface area (Å²) in [5, 5.41) is 2.39. The second kappa shape index (κ2) is 5.83. The highest BCUT2D eigenvalue weighted by atomic mass is 35.5. The summed E-state index contributed by atoms with van der Waals surface area (Å²) >= 11 is 5.71. The number of hydrogen-bond donors (Lipinski definition) is 2. The monoisotopic (exact) mass is 277 g/mol. The first-order valence-corrected chi connectivity index (χ1v) is 6.73. The minimum absolute atomic E-state index is 0.00999. The van der Waals surface area contributed by atoms with Gasteiger partial charge in [-0.3, -0.25) is 4.98 Å². The number of aromatic nitrogens is 1. The van der Waals surface area contributed by atoms with E-state index >= 15 is 0 Å². The largest absolute Gasteiger partial charge is 0.337 e. The molecule has 8 heteroatoms. The molecule has 0 aliphatic rings. The zero-order valence-electron chi connectivity index (χ0n) is 9.10. The van der Waals surface area contributed by atoms with Gasteiger partial charge in [0.05, 0.1) is 5.02 Å². The zero-order chi connectivity index (χ0) is 12.9. The van der Waals surface area contributed by atoms with E-state index in [9.17, 15) is 13.2 Å². The molecule has 0 saturated heterocycles. The molecule has 0 radical (unpaired) electrons. The van der Waals surface area contributed by atoms with Gasteiger partial charge >= 0.3 is 6.03 Å².